The normalized spacial score (nSPS) is 16.6. The van der Waals surface area contributed by atoms with Gasteiger partial charge in [0.2, 0.25) is 0 Å². The summed E-state index contributed by atoms with van der Waals surface area (Å²) >= 11 is 1.75. The number of halogens is 1. The number of hydrogen-bond donors (Lipinski definition) is 1. The Labute approximate surface area is 70.7 Å². The number of thioether (sulfide) groups is 1. The zero-order valence-corrected chi connectivity index (χ0v) is 7.29. The maximum absolute atomic E-state index is 11.6. The molecule has 0 aromatic heterocycles. The van der Waals surface area contributed by atoms with Crippen molar-refractivity contribution in [3.8, 4) is 0 Å². The van der Waals surface area contributed by atoms with Crippen molar-refractivity contribution in [2.45, 2.75) is 12.8 Å². The molecule has 2 nitrogen and oxygen atoms in total. The Morgan fingerprint density at radius 2 is 2.45 bits per heavy atom. The minimum atomic E-state index is -0.207. The summed E-state index contributed by atoms with van der Waals surface area (Å²) in [5.41, 5.74) is 0. The molecule has 0 atom stereocenters. The predicted molar refractivity (Wildman–Crippen MR) is 48.0 cm³/mol. The van der Waals surface area contributed by atoms with Crippen LogP contribution in [0.25, 0.3) is 0 Å². The van der Waals surface area contributed by atoms with Gasteiger partial charge < -0.3 is 5.32 Å². The van der Waals surface area contributed by atoms with Crippen molar-refractivity contribution in [1.29, 1.82) is 0 Å². The Morgan fingerprint density at radius 3 is 3.09 bits per heavy atom. The molecule has 0 radical (unpaired) electrons. The Balaban J connectivity index is 1.94. The van der Waals surface area contributed by atoms with Crippen molar-refractivity contribution in [2.24, 2.45) is 4.99 Å². The summed E-state index contributed by atoms with van der Waals surface area (Å²) in [6, 6.07) is 0. The SMILES string of the molecule is FCCCCNC1=NCCS1. The Morgan fingerprint density at radius 1 is 1.55 bits per heavy atom. The number of rotatable bonds is 4. The lowest BCUT2D eigenvalue weighted by Gasteiger charge is -2.02. The Bertz CT molecular complexity index is 138. The zero-order chi connectivity index (χ0) is 7.94. The summed E-state index contributed by atoms with van der Waals surface area (Å²) in [6.45, 7) is 1.58. The molecule has 0 amide bonds. The van der Waals surface area contributed by atoms with Crippen LogP contribution in [0.3, 0.4) is 0 Å². The number of unbranched alkanes of at least 4 members (excludes halogenated alkanes) is 1. The summed E-state index contributed by atoms with van der Waals surface area (Å²) in [6.07, 6.45) is 1.56. The van der Waals surface area contributed by atoms with Crippen molar-refractivity contribution >= 4 is 16.9 Å². The smallest absolute Gasteiger partial charge is 0.156 e. The Hall–Kier alpha value is -0.250. The van der Waals surface area contributed by atoms with Crippen LogP contribution in [0.15, 0.2) is 4.99 Å². The lowest BCUT2D eigenvalue weighted by atomic mass is 10.3. The van der Waals surface area contributed by atoms with Gasteiger partial charge in [0, 0.05) is 12.3 Å². The van der Waals surface area contributed by atoms with E-state index >= 15 is 0 Å². The second-order valence-corrected chi connectivity index (χ2v) is 3.44. The van der Waals surface area contributed by atoms with E-state index in [1.165, 1.54) is 0 Å². The van der Waals surface area contributed by atoms with E-state index in [0.717, 1.165) is 30.4 Å². The molecule has 1 N–H and O–H groups in total. The van der Waals surface area contributed by atoms with E-state index in [1.54, 1.807) is 11.8 Å². The minimum absolute atomic E-state index is 0.207. The van der Waals surface area contributed by atoms with Gasteiger partial charge in [0.05, 0.1) is 13.2 Å². The summed E-state index contributed by atoms with van der Waals surface area (Å²) in [7, 11) is 0. The van der Waals surface area contributed by atoms with Crippen molar-refractivity contribution in [3.05, 3.63) is 0 Å². The molecule has 1 aliphatic heterocycles. The van der Waals surface area contributed by atoms with Crippen molar-refractivity contribution in [3.63, 3.8) is 0 Å². The molecular formula is C7H13FN2S. The van der Waals surface area contributed by atoms with E-state index in [2.05, 4.69) is 10.3 Å². The van der Waals surface area contributed by atoms with Gasteiger partial charge in [-0.15, -0.1) is 0 Å². The highest BCUT2D eigenvalue weighted by atomic mass is 32.2. The lowest BCUT2D eigenvalue weighted by Crippen LogP contribution is -2.20. The van der Waals surface area contributed by atoms with Gasteiger partial charge in [-0.2, -0.15) is 0 Å². The van der Waals surface area contributed by atoms with Gasteiger partial charge in [0.1, 0.15) is 0 Å². The van der Waals surface area contributed by atoms with E-state index in [-0.39, 0.29) is 6.67 Å². The van der Waals surface area contributed by atoms with Crippen LogP contribution in [-0.4, -0.2) is 30.7 Å². The third-order valence-electron chi connectivity index (χ3n) is 1.42. The second kappa shape index (κ2) is 5.41. The van der Waals surface area contributed by atoms with Crippen LogP contribution in [0.5, 0.6) is 0 Å². The van der Waals surface area contributed by atoms with Crippen LogP contribution in [0, 0.1) is 0 Å². The predicted octanol–water partition coefficient (Wildman–Crippen LogP) is 1.43. The highest BCUT2D eigenvalue weighted by Gasteiger charge is 2.04. The molecule has 11 heavy (non-hydrogen) atoms. The summed E-state index contributed by atoms with van der Waals surface area (Å²) in [5, 5.41) is 4.19. The highest BCUT2D eigenvalue weighted by Crippen LogP contribution is 2.08. The number of nitrogens with one attached hydrogen (secondary N) is 1. The molecule has 64 valence electrons. The summed E-state index contributed by atoms with van der Waals surface area (Å²) < 4.78 is 11.6. The first-order valence-corrected chi connectivity index (χ1v) is 4.89. The van der Waals surface area contributed by atoms with Crippen LogP contribution < -0.4 is 5.32 Å². The van der Waals surface area contributed by atoms with Gasteiger partial charge in [0.25, 0.3) is 0 Å². The largest absolute Gasteiger partial charge is 0.365 e. The van der Waals surface area contributed by atoms with Crippen LogP contribution >= 0.6 is 11.8 Å². The molecule has 4 heteroatoms. The quantitative estimate of drug-likeness (QED) is 0.655. The molecule has 0 bridgehead atoms. The molecule has 0 saturated heterocycles. The van der Waals surface area contributed by atoms with Crippen molar-refractivity contribution in [1.82, 2.24) is 5.32 Å². The first kappa shape index (κ1) is 8.84. The first-order valence-electron chi connectivity index (χ1n) is 3.90. The van der Waals surface area contributed by atoms with Gasteiger partial charge in [-0.25, -0.2) is 0 Å². The molecule has 0 aliphatic carbocycles. The van der Waals surface area contributed by atoms with Gasteiger partial charge in [0.15, 0.2) is 5.17 Å². The van der Waals surface area contributed by atoms with Gasteiger partial charge >= 0.3 is 0 Å². The molecule has 0 aromatic carbocycles. The van der Waals surface area contributed by atoms with E-state index in [9.17, 15) is 4.39 Å². The van der Waals surface area contributed by atoms with Crippen LogP contribution in [0.1, 0.15) is 12.8 Å². The van der Waals surface area contributed by atoms with Crippen LogP contribution in [-0.2, 0) is 0 Å². The molecule has 0 unspecified atom stereocenters. The molecule has 1 rings (SSSR count). The summed E-state index contributed by atoms with van der Waals surface area (Å²) in [5.74, 6) is 1.09. The van der Waals surface area contributed by atoms with Crippen LogP contribution in [0.2, 0.25) is 0 Å². The number of aliphatic imine (C=N–C) groups is 1. The highest BCUT2D eigenvalue weighted by molar-refractivity contribution is 8.14. The van der Waals surface area contributed by atoms with E-state index in [1.807, 2.05) is 0 Å². The number of alkyl halides is 1. The summed E-state index contributed by atoms with van der Waals surface area (Å²) in [4.78, 5) is 4.21. The number of hydrogen-bond acceptors (Lipinski definition) is 3. The molecule has 1 aliphatic rings. The van der Waals surface area contributed by atoms with E-state index in [0.29, 0.717) is 6.42 Å². The van der Waals surface area contributed by atoms with Gasteiger partial charge in [-0.3, -0.25) is 9.38 Å². The average Bonchev–Trinajstić information content (AvgIpc) is 2.50. The maximum atomic E-state index is 11.6. The van der Waals surface area contributed by atoms with E-state index in [4.69, 9.17) is 0 Å². The second-order valence-electron chi connectivity index (χ2n) is 2.36. The molecule has 0 aromatic rings. The maximum Gasteiger partial charge on any atom is 0.156 e. The van der Waals surface area contributed by atoms with Crippen molar-refractivity contribution < 1.29 is 4.39 Å². The van der Waals surface area contributed by atoms with Gasteiger partial charge in [-0.1, -0.05) is 11.8 Å². The zero-order valence-electron chi connectivity index (χ0n) is 6.48. The molecule has 0 spiro atoms. The first-order chi connectivity index (χ1) is 5.43. The third kappa shape index (κ3) is 3.60. The fourth-order valence-corrected chi connectivity index (χ4v) is 1.62. The van der Waals surface area contributed by atoms with Crippen molar-refractivity contribution in [2.75, 3.05) is 25.5 Å². The average molecular weight is 176 g/mol. The molecule has 1 heterocycles. The fourth-order valence-electron chi connectivity index (χ4n) is 0.857. The van der Waals surface area contributed by atoms with Gasteiger partial charge in [-0.05, 0) is 12.8 Å². The number of amidine groups is 1. The fraction of sp³-hybridized carbons (Fsp3) is 0.857. The van der Waals surface area contributed by atoms with Crippen LogP contribution in [0.4, 0.5) is 4.39 Å². The molecule has 0 fully saturated rings. The monoisotopic (exact) mass is 176 g/mol. The Kier molecular flexibility index (Phi) is 4.35. The third-order valence-corrected chi connectivity index (χ3v) is 2.36. The molecular weight excluding hydrogens is 163 g/mol. The lowest BCUT2D eigenvalue weighted by molar-refractivity contribution is 0.461. The van der Waals surface area contributed by atoms with E-state index < -0.39 is 0 Å². The number of nitrogens with zero attached hydrogens (tertiary/aromatic N) is 1. The molecule has 0 saturated carbocycles. The minimum Gasteiger partial charge on any atom is -0.365 e. The standard InChI is InChI=1S/C7H13FN2S/c8-3-1-2-4-9-7-10-5-6-11-7/h1-6H2,(H,9,10). The topological polar surface area (TPSA) is 24.4 Å².